The molecule has 0 radical (unpaired) electrons. The highest BCUT2D eigenvalue weighted by Crippen LogP contribution is 2.34. The Labute approximate surface area is 146 Å². The molecule has 0 amide bonds. The van der Waals surface area contributed by atoms with Gasteiger partial charge in [0, 0.05) is 18.0 Å². The van der Waals surface area contributed by atoms with Crippen LogP contribution in [0, 0.1) is 0 Å². The van der Waals surface area contributed by atoms with Gasteiger partial charge in [-0.2, -0.15) is 0 Å². The van der Waals surface area contributed by atoms with E-state index in [4.69, 9.17) is 4.74 Å². The van der Waals surface area contributed by atoms with E-state index in [0.717, 1.165) is 41.6 Å². The van der Waals surface area contributed by atoms with Crippen LogP contribution >= 0.6 is 11.8 Å². The highest BCUT2D eigenvalue weighted by molar-refractivity contribution is 8.00. The Morgan fingerprint density at radius 3 is 2.58 bits per heavy atom. The fraction of sp³-hybridized carbons (Fsp3) is 0.500. The van der Waals surface area contributed by atoms with E-state index >= 15 is 0 Å². The lowest BCUT2D eigenvalue weighted by Gasteiger charge is -2.21. The zero-order valence-electron chi connectivity index (χ0n) is 14.4. The maximum atomic E-state index is 12.1. The molecule has 128 valence electrons. The van der Waals surface area contributed by atoms with Crippen LogP contribution in [0.4, 0.5) is 0 Å². The van der Waals surface area contributed by atoms with Gasteiger partial charge in [-0.25, -0.2) is 0 Å². The summed E-state index contributed by atoms with van der Waals surface area (Å²) in [7, 11) is 1.65. The van der Waals surface area contributed by atoms with Crippen molar-refractivity contribution < 1.29 is 9.53 Å². The van der Waals surface area contributed by atoms with Crippen LogP contribution in [-0.2, 0) is 4.79 Å². The van der Waals surface area contributed by atoms with Crippen molar-refractivity contribution in [1.29, 1.82) is 0 Å². The number of nitrogens with zero attached hydrogens (tertiary/aromatic N) is 3. The van der Waals surface area contributed by atoms with Crippen LogP contribution in [0.1, 0.15) is 45.6 Å². The average molecular weight is 345 g/mol. The third-order valence-corrected chi connectivity index (χ3v) is 5.55. The number of carbonyl (C=O) groups excluding carboxylic acids is 1. The van der Waals surface area contributed by atoms with Crippen molar-refractivity contribution in [2.45, 2.75) is 56.0 Å². The first-order chi connectivity index (χ1) is 11.6. The average Bonchev–Trinajstić information content (AvgIpc) is 3.01. The molecule has 0 aliphatic heterocycles. The smallest absolute Gasteiger partial charge is 0.192 e. The number of hydrogen-bond acceptors (Lipinski definition) is 5. The number of carbonyl (C=O) groups is 1. The van der Waals surface area contributed by atoms with E-state index in [1.165, 1.54) is 0 Å². The van der Waals surface area contributed by atoms with E-state index < -0.39 is 0 Å². The lowest BCUT2D eigenvalue weighted by atomic mass is 9.99. The second kappa shape index (κ2) is 7.38. The number of ketones is 1. The van der Waals surface area contributed by atoms with Crippen molar-refractivity contribution in [3.05, 3.63) is 24.3 Å². The van der Waals surface area contributed by atoms with Gasteiger partial charge in [0.1, 0.15) is 11.5 Å². The van der Waals surface area contributed by atoms with Gasteiger partial charge in [0.05, 0.1) is 12.4 Å². The van der Waals surface area contributed by atoms with Gasteiger partial charge in [0.25, 0.3) is 0 Å². The number of benzene rings is 1. The second-order valence-electron chi connectivity index (χ2n) is 6.32. The van der Waals surface area contributed by atoms with Gasteiger partial charge in [-0.05, 0) is 51.0 Å². The second-order valence-corrected chi connectivity index (χ2v) is 7.49. The maximum absolute atomic E-state index is 12.1. The molecule has 24 heavy (non-hydrogen) atoms. The SMILES string of the molecule is COc1ccc(-c2nnc(S[C@@H]3CCCCC3=O)n2C(C)C)cc1. The largest absolute Gasteiger partial charge is 0.497 e. The third-order valence-electron chi connectivity index (χ3n) is 4.28. The number of Topliss-reactive ketones (excluding diaryl/α,β-unsaturated/α-hetero) is 1. The van der Waals surface area contributed by atoms with E-state index in [1.54, 1.807) is 18.9 Å². The molecule has 0 saturated heterocycles. The van der Waals surface area contributed by atoms with Crippen molar-refractivity contribution >= 4 is 17.5 Å². The number of rotatable bonds is 5. The fourth-order valence-corrected chi connectivity index (χ4v) is 4.25. The van der Waals surface area contributed by atoms with Gasteiger partial charge in [0.2, 0.25) is 0 Å². The molecule has 0 unspecified atom stereocenters. The summed E-state index contributed by atoms with van der Waals surface area (Å²) in [6.45, 7) is 4.23. The Bertz CT molecular complexity index is 710. The molecule has 3 rings (SSSR count). The van der Waals surface area contributed by atoms with Crippen LogP contribution in [0.3, 0.4) is 0 Å². The summed E-state index contributed by atoms with van der Waals surface area (Å²) in [5, 5.41) is 9.62. The Kier molecular flexibility index (Phi) is 5.23. The molecule has 1 heterocycles. The Morgan fingerprint density at radius 1 is 1.21 bits per heavy atom. The summed E-state index contributed by atoms with van der Waals surface area (Å²) < 4.78 is 7.34. The van der Waals surface area contributed by atoms with Crippen LogP contribution in [-0.4, -0.2) is 32.9 Å². The Morgan fingerprint density at radius 2 is 1.96 bits per heavy atom. The van der Waals surface area contributed by atoms with Gasteiger partial charge in [0.15, 0.2) is 11.0 Å². The zero-order chi connectivity index (χ0) is 17.1. The van der Waals surface area contributed by atoms with E-state index in [9.17, 15) is 4.79 Å². The minimum absolute atomic E-state index is 0.0177. The van der Waals surface area contributed by atoms with E-state index in [2.05, 4.69) is 28.6 Å². The number of thioether (sulfide) groups is 1. The van der Waals surface area contributed by atoms with E-state index in [-0.39, 0.29) is 11.3 Å². The highest BCUT2D eigenvalue weighted by Gasteiger charge is 2.27. The lowest BCUT2D eigenvalue weighted by Crippen LogP contribution is -2.22. The minimum atomic E-state index is 0.0177. The van der Waals surface area contributed by atoms with Crippen LogP contribution in [0.2, 0.25) is 0 Å². The van der Waals surface area contributed by atoms with Crippen molar-refractivity contribution in [2.24, 2.45) is 0 Å². The number of methoxy groups -OCH3 is 1. The van der Waals surface area contributed by atoms with Crippen molar-refractivity contribution in [3.63, 3.8) is 0 Å². The zero-order valence-corrected chi connectivity index (χ0v) is 15.2. The molecular formula is C18H23N3O2S. The normalized spacial score (nSPS) is 18.2. The first kappa shape index (κ1) is 17.0. The Balaban J connectivity index is 1.90. The molecule has 0 bridgehead atoms. The van der Waals surface area contributed by atoms with E-state index in [0.29, 0.717) is 12.2 Å². The first-order valence-electron chi connectivity index (χ1n) is 8.39. The molecule has 0 N–H and O–H groups in total. The predicted octanol–water partition coefficient (Wildman–Crippen LogP) is 4.14. The van der Waals surface area contributed by atoms with E-state index in [1.807, 2.05) is 24.3 Å². The van der Waals surface area contributed by atoms with Crippen molar-refractivity contribution in [3.8, 4) is 17.1 Å². The molecule has 5 nitrogen and oxygen atoms in total. The van der Waals surface area contributed by atoms with Crippen LogP contribution in [0.15, 0.2) is 29.4 Å². The lowest BCUT2D eigenvalue weighted by molar-refractivity contribution is -0.119. The highest BCUT2D eigenvalue weighted by atomic mass is 32.2. The molecule has 1 aromatic heterocycles. The summed E-state index contributed by atoms with van der Waals surface area (Å²) in [6, 6.07) is 8.04. The fourth-order valence-electron chi connectivity index (χ4n) is 2.96. The minimum Gasteiger partial charge on any atom is -0.497 e. The van der Waals surface area contributed by atoms with Crippen LogP contribution in [0.5, 0.6) is 5.75 Å². The van der Waals surface area contributed by atoms with Crippen LogP contribution < -0.4 is 4.74 Å². The molecule has 1 aliphatic rings. The van der Waals surface area contributed by atoms with Crippen molar-refractivity contribution in [1.82, 2.24) is 14.8 Å². The summed E-state index contributed by atoms with van der Waals surface area (Å²) in [4.78, 5) is 12.1. The molecule has 0 spiro atoms. The van der Waals surface area contributed by atoms with Gasteiger partial charge >= 0.3 is 0 Å². The monoisotopic (exact) mass is 345 g/mol. The maximum Gasteiger partial charge on any atom is 0.192 e. The predicted molar refractivity (Wildman–Crippen MR) is 95.5 cm³/mol. The molecule has 2 aromatic rings. The molecule has 6 heteroatoms. The topological polar surface area (TPSA) is 57.0 Å². The molecule has 1 aromatic carbocycles. The molecule has 1 aliphatic carbocycles. The first-order valence-corrected chi connectivity index (χ1v) is 9.27. The summed E-state index contributed by atoms with van der Waals surface area (Å²) >= 11 is 1.57. The third kappa shape index (κ3) is 3.48. The van der Waals surface area contributed by atoms with Gasteiger partial charge < -0.3 is 4.74 Å². The van der Waals surface area contributed by atoms with Gasteiger partial charge in [-0.1, -0.05) is 18.2 Å². The van der Waals surface area contributed by atoms with Crippen molar-refractivity contribution in [2.75, 3.05) is 7.11 Å². The van der Waals surface area contributed by atoms with Gasteiger partial charge in [-0.15, -0.1) is 10.2 Å². The standard InChI is InChI=1S/C18H23N3O2S/c1-12(2)21-17(13-8-10-14(23-3)11-9-13)19-20-18(21)24-16-7-5-4-6-15(16)22/h8-12,16H,4-7H2,1-3H3/t16-/m1/s1. The molecule has 1 fully saturated rings. The molecule has 1 saturated carbocycles. The summed E-state index contributed by atoms with van der Waals surface area (Å²) in [5.74, 6) is 1.99. The Hall–Kier alpha value is -1.82. The summed E-state index contributed by atoms with van der Waals surface area (Å²) in [6.07, 6.45) is 3.76. The quantitative estimate of drug-likeness (QED) is 0.815. The number of aromatic nitrogens is 3. The number of hydrogen-bond donors (Lipinski definition) is 0. The van der Waals surface area contributed by atoms with Crippen LogP contribution in [0.25, 0.3) is 11.4 Å². The van der Waals surface area contributed by atoms with Gasteiger partial charge in [-0.3, -0.25) is 9.36 Å². The summed E-state index contributed by atoms with van der Waals surface area (Å²) in [5.41, 5.74) is 0.999. The molecular weight excluding hydrogens is 322 g/mol. The molecule has 1 atom stereocenters. The number of ether oxygens (including phenoxy) is 1.